The third-order valence-electron chi connectivity index (χ3n) is 4.86. The van der Waals surface area contributed by atoms with Crippen LogP contribution >= 0.6 is 0 Å². The van der Waals surface area contributed by atoms with E-state index in [9.17, 15) is 9.59 Å². The summed E-state index contributed by atoms with van der Waals surface area (Å²) < 4.78 is 0. The molecule has 2 rings (SSSR count). The maximum Gasteiger partial charge on any atom is 0.247 e. The Morgan fingerprint density at radius 3 is 2.43 bits per heavy atom. The minimum Gasteiger partial charge on any atom is -0.332 e. The van der Waals surface area contributed by atoms with Crippen LogP contribution in [0, 0.1) is 5.92 Å². The van der Waals surface area contributed by atoms with E-state index in [2.05, 4.69) is 5.32 Å². The number of fused-ring (bicyclic) bond motifs is 1. The Morgan fingerprint density at radius 2 is 1.79 bits per heavy atom. The first-order valence-electron chi connectivity index (χ1n) is 9.85. The van der Waals surface area contributed by atoms with Crippen LogP contribution in [0.4, 0.5) is 5.69 Å². The minimum atomic E-state index is -0.612. The van der Waals surface area contributed by atoms with Gasteiger partial charge in [-0.2, -0.15) is 0 Å². The van der Waals surface area contributed by atoms with Crippen molar-refractivity contribution in [2.75, 3.05) is 18.9 Å². The fraction of sp³-hybridized carbons (Fsp3) is 0.455. The van der Waals surface area contributed by atoms with Crippen LogP contribution in [-0.2, 0) is 9.59 Å². The van der Waals surface area contributed by atoms with Gasteiger partial charge >= 0.3 is 0 Å². The number of anilines is 1. The molecular weight excluding hydrogens is 352 g/mol. The topological polar surface area (TPSA) is 101 Å². The number of nitrogens with one attached hydrogen (secondary N) is 1. The van der Waals surface area contributed by atoms with Gasteiger partial charge in [-0.05, 0) is 54.6 Å². The smallest absolute Gasteiger partial charge is 0.247 e. The Labute approximate surface area is 167 Å². The van der Waals surface area contributed by atoms with Gasteiger partial charge in [-0.3, -0.25) is 9.59 Å². The molecule has 2 aromatic carbocycles. The molecule has 0 aliphatic carbocycles. The highest BCUT2D eigenvalue weighted by atomic mass is 16.2. The number of carbonyl (C=O) groups is 2. The minimum absolute atomic E-state index is 0.218. The third-order valence-corrected chi connectivity index (χ3v) is 4.86. The molecule has 28 heavy (non-hydrogen) atoms. The van der Waals surface area contributed by atoms with Gasteiger partial charge in [0.25, 0.3) is 0 Å². The van der Waals surface area contributed by atoms with Crippen LogP contribution in [0.15, 0.2) is 42.5 Å². The predicted octanol–water partition coefficient (Wildman–Crippen LogP) is 2.72. The van der Waals surface area contributed by atoms with Crippen LogP contribution < -0.4 is 16.8 Å². The van der Waals surface area contributed by atoms with Gasteiger partial charge < -0.3 is 21.7 Å². The van der Waals surface area contributed by atoms with Gasteiger partial charge in [0.15, 0.2) is 0 Å². The summed E-state index contributed by atoms with van der Waals surface area (Å²) in [6, 6.07) is 12.5. The van der Waals surface area contributed by atoms with Crippen molar-refractivity contribution in [3.63, 3.8) is 0 Å². The van der Waals surface area contributed by atoms with Crippen LogP contribution in [0.3, 0.4) is 0 Å². The van der Waals surface area contributed by atoms with Crippen molar-refractivity contribution >= 4 is 28.3 Å². The Kier molecular flexibility index (Phi) is 7.96. The van der Waals surface area contributed by atoms with Gasteiger partial charge in [-0.25, -0.2) is 0 Å². The summed E-state index contributed by atoms with van der Waals surface area (Å²) in [5.41, 5.74) is 12.4. The van der Waals surface area contributed by atoms with Crippen LogP contribution in [0.5, 0.6) is 0 Å². The Morgan fingerprint density at radius 1 is 1.11 bits per heavy atom. The Balaban J connectivity index is 2.15. The second kappa shape index (κ2) is 10.2. The van der Waals surface area contributed by atoms with Gasteiger partial charge in [0.05, 0.1) is 6.04 Å². The molecule has 2 atom stereocenters. The van der Waals surface area contributed by atoms with E-state index < -0.39 is 12.1 Å². The lowest BCUT2D eigenvalue weighted by Gasteiger charge is -2.30. The van der Waals surface area contributed by atoms with Gasteiger partial charge in [-0.15, -0.1) is 0 Å². The van der Waals surface area contributed by atoms with E-state index in [1.165, 1.54) is 4.90 Å². The highest BCUT2D eigenvalue weighted by Crippen LogP contribution is 2.20. The summed E-state index contributed by atoms with van der Waals surface area (Å²) in [4.78, 5) is 27.1. The van der Waals surface area contributed by atoms with E-state index in [-0.39, 0.29) is 11.8 Å². The van der Waals surface area contributed by atoms with Crippen LogP contribution in [0.1, 0.15) is 33.1 Å². The van der Waals surface area contributed by atoms with Crippen molar-refractivity contribution < 1.29 is 9.59 Å². The van der Waals surface area contributed by atoms with Gasteiger partial charge in [0, 0.05) is 12.7 Å². The molecule has 0 aromatic heterocycles. The molecule has 0 spiro atoms. The average Bonchev–Trinajstić information content (AvgIpc) is 2.66. The van der Waals surface area contributed by atoms with Crippen molar-refractivity contribution in [2.24, 2.45) is 17.4 Å². The number of hydrogen-bond acceptors (Lipinski definition) is 4. The summed E-state index contributed by atoms with van der Waals surface area (Å²) in [7, 11) is 1.64. The number of rotatable bonds is 9. The third kappa shape index (κ3) is 5.78. The normalized spacial score (nSPS) is 13.4. The quantitative estimate of drug-likeness (QED) is 0.619. The molecule has 2 amide bonds. The van der Waals surface area contributed by atoms with Crippen molar-refractivity contribution in [3.05, 3.63) is 42.5 Å². The van der Waals surface area contributed by atoms with Crippen LogP contribution in [-0.4, -0.2) is 42.4 Å². The van der Waals surface area contributed by atoms with Crippen molar-refractivity contribution in [2.45, 2.75) is 45.2 Å². The van der Waals surface area contributed by atoms with Crippen molar-refractivity contribution in [1.82, 2.24) is 4.90 Å². The van der Waals surface area contributed by atoms with Crippen molar-refractivity contribution in [1.29, 1.82) is 0 Å². The summed E-state index contributed by atoms with van der Waals surface area (Å²) in [6.45, 7) is 4.50. The average molecular weight is 385 g/mol. The zero-order valence-electron chi connectivity index (χ0n) is 17.0. The zero-order valence-corrected chi connectivity index (χ0v) is 17.0. The van der Waals surface area contributed by atoms with Gasteiger partial charge in [0.2, 0.25) is 11.8 Å². The molecule has 6 heteroatoms. The molecule has 0 heterocycles. The number of nitrogens with zero attached hydrogens (tertiary/aromatic N) is 1. The van der Waals surface area contributed by atoms with E-state index in [1.54, 1.807) is 7.05 Å². The lowest BCUT2D eigenvalue weighted by molar-refractivity contribution is -0.138. The van der Waals surface area contributed by atoms with Crippen LogP contribution in [0.25, 0.3) is 10.8 Å². The number of benzene rings is 2. The number of amides is 2. The first kappa shape index (κ1) is 21.9. The first-order chi connectivity index (χ1) is 13.3. The molecule has 152 valence electrons. The predicted molar refractivity (Wildman–Crippen MR) is 115 cm³/mol. The van der Waals surface area contributed by atoms with Gasteiger partial charge in [0.1, 0.15) is 6.04 Å². The monoisotopic (exact) mass is 384 g/mol. The standard InChI is InChI=1S/C22H32N4O2/c1-15(2)13-19(24)22(28)26(3)20(9-6-12-23)21(27)25-18-11-10-16-7-4-5-8-17(16)14-18/h4-5,7-8,10-11,14-15,19-20H,6,9,12-13,23-24H2,1-3H3,(H,25,27). The summed E-state index contributed by atoms with van der Waals surface area (Å²) in [5, 5.41) is 5.09. The maximum atomic E-state index is 13.0. The Bertz CT molecular complexity index is 806. The lowest BCUT2D eigenvalue weighted by Crippen LogP contribution is -2.51. The zero-order chi connectivity index (χ0) is 20.7. The van der Waals surface area contributed by atoms with E-state index in [4.69, 9.17) is 11.5 Å². The molecule has 0 fully saturated rings. The molecule has 0 saturated heterocycles. The number of likely N-dealkylation sites (N-methyl/N-ethyl adjacent to an activating group) is 1. The SMILES string of the molecule is CC(C)CC(N)C(=O)N(C)C(CCCN)C(=O)Nc1ccc2ccccc2c1. The highest BCUT2D eigenvalue weighted by molar-refractivity contribution is 5.99. The fourth-order valence-electron chi connectivity index (χ4n) is 3.33. The molecule has 0 radical (unpaired) electrons. The molecule has 0 aliphatic heterocycles. The highest BCUT2D eigenvalue weighted by Gasteiger charge is 2.29. The number of nitrogens with two attached hydrogens (primary N) is 2. The largest absolute Gasteiger partial charge is 0.332 e. The molecule has 2 unspecified atom stereocenters. The summed E-state index contributed by atoms with van der Waals surface area (Å²) in [5.74, 6) is -0.137. The molecule has 0 bridgehead atoms. The van der Waals surface area contributed by atoms with E-state index in [1.807, 2.05) is 56.3 Å². The first-order valence-corrected chi connectivity index (χ1v) is 9.85. The fourth-order valence-corrected chi connectivity index (χ4v) is 3.33. The summed E-state index contributed by atoms with van der Waals surface area (Å²) >= 11 is 0. The summed E-state index contributed by atoms with van der Waals surface area (Å²) in [6.07, 6.45) is 1.72. The Hall–Kier alpha value is -2.44. The second-order valence-corrected chi connectivity index (χ2v) is 7.68. The number of hydrogen-bond donors (Lipinski definition) is 3. The second-order valence-electron chi connectivity index (χ2n) is 7.68. The lowest BCUT2D eigenvalue weighted by atomic mass is 10.0. The van der Waals surface area contributed by atoms with Gasteiger partial charge in [-0.1, -0.05) is 44.2 Å². The molecule has 0 aliphatic rings. The van der Waals surface area contributed by atoms with Crippen molar-refractivity contribution in [3.8, 4) is 0 Å². The number of carbonyl (C=O) groups excluding carboxylic acids is 2. The molecule has 2 aromatic rings. The van der Waals surface area contributed by atoms with E-state index >= 15 is 0 Å². The molecule has 0 saturated carbocycles. The molecular formula is C22H32N4O2. The molecule has 5 N–H and O–H groups in total. The molecule has 6 nitrogen and oxygen atoms in total. The van der Waals surface area contributed by atoms with E-state index in [0.717, 1.165) is 10.8 Å². The maximum absolute atomic E-state index is 13.0. The van der Waals surface area contributed by atoms with E-state index in [0.29, 0.717) is 37.4 Å². The van der Waals surface area contributed by atoms with Crippen LogP contribution in [0.2, 0.25) is 0 Å².